The number of nitrogens with one attached hydrogen (secondary N) is 1. The summed E-state index contributed by atoms with van der Waals surface area (Å²) in [4.78, 5) is 26.7. The van der Waals surface area contributed by atoms with E-state index in [1.54, 1.807) is 25.3 Å². The van der Waals surface area contributed by atoms with Crippen LogP contribution in [0.25, 0.3) is 0 Å². The predicted molar refractivity (Wildman–Crippen MR) is 88.5 cm³/mol. The van der Waals surface area contributed by atoms with Gasteiger partial charge >= 0.3 is 0 Å². The van der Waals surface area contributed by atoms with Crippen LogP contribution in [-0.2, 0) is 9.53 Å². The predicted octanol–water partition coefficient (Wildman–Crippen LogP) is 1.03. The molecule has 0 unspecified atom stereocenters. The number of hydrogen-bond acceptors (Lipinski definition) is 5. The molecule has 2 amide bonds. The molecule has 1 N–H and O–H groups in total. The van der Waals surface area contributed by atoms with Crippen LogP contribution >= 0.6 is 0 Å². The van der Waals surface area contributed by atoms with Gasteiger partial charge in [0, 0.05) is 37.7 Å². The Morgan fingerprint density at radius 3 is 2.84 bits per heavy atom. The molecule has 0 radical (unpaired) electrons. The maximum absolute atomic E-state index is 12.8. The number of hydrogen-bond donors (Lipinski definition) is 1. The Morgan fingerprint density at radius 1 is 1.32 bits per heavy atom. The maximum atomic E-state index is 12.8. The Hall–Kier alpha value is -2.28. The lowest BCUT2D eigenvalue weighted by molar-refractivity contribution is -0.126. The van der Waals surface area contributed by atoms with Crippen LogP contribution in [0.4, 0.5) is 0 Å². The van der Waals surface area contributed by atoms with E-state index >= 15 is 0 Å². The summed E-state index contributed by atoms with van der Waals surface area (Å²) in [6, 6.07) is 5.28. The van der Waals surface area contributed by atoms with Crippen molar-refractivity contribution >= 4 is 11.8 Å². The van der Waals surface area contributed by atoms with Crippen LogP contribution in [0.15, 0.2) is 18.2 Å². The Balaban J connectivity index is 1.45. The molecular weight excluding hydrogens is 324 g/mol. The summed E-state index contributed by atoms with van der Waals surface area (Å²) in [6.45, 7) is 2.58. The molecule has 0 aromatic heterocycles. The van der Waals surface area contributed by atoms with E-state index in [0.29, 0.717) is 43.3 Å². The second-order valence-electron chi connectivity index (χ2n) is 6.95. The summed E-state index contributed by atoms with van der Waals surface area (Å²) in [5.41, 5.74) is 0.507. The molecule has 1 atom stereocenters. The van der Waals surface area contributed by atoms with Crippen molar-refractivity contribution in [3.8, 4) is 11.5 Å². The summed E-state index contributed by atoms with van der Waals surface area (Å²) in [5, 5.41) is 2.97. The Bertz CT molecular complexity index is 697. The van der Waals surface area contributed by atoms with Gasteiger partial charge in [-0.05, 0) is 31.0 Å². The number of fused-ring (bicyclic) bond motifs is 1. The molecule has 7 heteroatoms. The smallest absolute Gasteiger partial charge is 0.253 e. The van der Waals surface area contributed by atoms with Gasteiger partial charge in [0.1, 0.15) is 0 Å². The van der Waals surface area contributed by atoms with E-state index in [1.165, 1.54) is 0 Å². The molecule has 2 saturated heterocycles. The van der Waals surface area contributed by atoms with Crippen molar-refractivity contribution in [1.82, 2.24) is 10.2 Å². The van der Waals surface area contributed by atoms with E-state index in [2.05, 4.69) is 5.32 Å². The highest BCUT2D eigenvalue weighted by molar-refractivity contribution is 5.95. The maximum Gasteiger partial charge on any atom is 0.253 e. The second kappa shape index (κ2) is 6.22. The molecule has 0 saturated carbocycles. The molecule has 0 bridgehead atoms. The number of carbonyl (C=O) groups excluding carboxylic acids is 2. The first-order valence-electron chi connectivity index (χ1n) is 8.58. The highest BCUT2D eigenvalue weighted by Gasteiger charge is 2.50. The molecule has 1 aromatic carbocycles. The monoisotopic (exact) mass is 346 g/mol. The fourth-order valence-corrected chi connectivity index (χ4v) is 4.10. The average Bonchev–Trinajstić information content (AvgIpc) is 3.22. The lowest BCUT2D eigenvalue weighted by atomic mass is 9.71. The van der Waals surface area contributed by atoms with Gasteiger partial charge in [0.25, 0.3) is 5.91 Å². The quantitative estimate of drug-likeness (QED) is 0.885. The molecule has 3 aliphatic heterocycles. The molecule has 0 aliphatic carbocycles. The van der Waals surface area contributed by atoms with Crippen molar-refractivity contribution in [2.75, 3.05) is 40.1 Å². The van der Waals surface area contributed by atoms with Crippen LogP contribution in [0.1, 0.15) is 23.2 Å². The zero-order valence-corrected chi connectivity index (χ0v) is 14.2. The van der Waals surface area contributed by atoms with Gasteiger partial charge in [-0.1, -0.05) is 0 Å². The van der Waals surface area contributed by atoms with Gasteiger partial charge in [0.2, 0.25) is 12.7 Å². The lowest BCUT2D eigenvalue weighted by Crippen LogP contribution is -2.47. The minimum Gasteiger partial charge on any atom is -0.454 e. The third kappa shape index (κ3) is 2.72. The number of nitrogens with zero attached hydrogens (tertiary/aromatic N) is 1. The summed E-state index contributed by atoms with van der Waals surface area (Å²) in [7, 11) is 1.62. The summed E-state index contributed by atoms with van der Waals surface area (Å²) in [5.74, 6) is 1.23. The molecule has 3 heterocycles. The van der Waals surface area contributed by atoms with Crippen LogP contribution in [0.3, 0.4) is 0 Å². The minimum absolute atomic E-state index is 0.00581. The zero-order valence-electron chi connectivity index (χ0n) is 14.2. The van der Waals surface area contributed by atoms with Gasteiger partial charge in [-0.25, -0.2) is 0 Å². The van der Waals surface area contributed by atoms with Crippen molar-refractivity contribution in [2.45, 2.75) is 12.8 Å². The number of piperidine rings is 1. The van der Waals surface area contributed by atoms with Gasteiger partial charge in [0.05, 0.1) is 12.5 Å². The third-order valence-electron chi connectivity index (χ3n) is 5.67. The molecule has 4 rings (SSSR count). The number of benzene rings is 1. The van der Waals surface area contributed by atoms with Crippen molar-refractivity contribution in [1.29, 1.82) is 0 Å². The highest BCUT2D eigenvalue weighted by atomic mass is 16.7. The molecule has 1 spiro atoms. The van der Waals surface area contributed by atoms with Gasteiger partial charge in [0.15, 0.2) is 11.5 Å². The van der Waals surface area contributed by atoms with E-state index in [-0.39, 0.29) is 29.9 Å². The fourth-order valence-electron chi connectivity index (χ4n) is 4.10. The fraction of sp³-hybridized carbons (Fsp3) is 0.556. The van der Waals surface area contributed by atoms with Crippen molar-refractivity contribution in [2.24, 2.45) is 11.3 Å². The van der Waals surface area contributed by atoms with Gasteiger partial charge in [-0.15, -0.1) is 0 Å². The zero-order chi connectivity index (χ0) is 17.4. The molecule has 3 aliphatic rings. The van der Waals surface area contributed by atoms with Gasteiger partial charge < -0.3 is 24.4 Å². The summed E-state index contributed by atoms with van der Waals surface area (Å²) in [6.07, 6.45) is 1.60. The van der Waals surface area contributed by atoms with E-state index in [9.17, 15) is 9.59 Å². The van der Waals surface area contributed by atoms with Crippen LogP contribution in [0.2, 0.25) is 0 Å². The van der Waals surface area contributed by atoms with Crippen LogP contribution in [0, 0.1) is 11.3 Å². The van der Waals surface area contributed by atoms with Crippen molar-refractivity contribution in [3.63, 3.8) is 0 Å². The first kappa shape index (κ1) is 16.2. The number of methoxy groups -OCH3 is 1. The first-order chi connectivity index (χ1) is 12.1. The standard InChI is InChI=1S/C18H22N2O5/c1-23-9-13-16(21)19-10-18(13)4-6-20(7-5-18)17(22)12-2-3-14-15(8-12)25-11-24-14/h2-3,8,13H,4-7,9-11H2,1H3,(H,19,21)/t13-/m0/s1. The van der Waals surface area contributed by atoms with E-state index in [1.807, 2.05) is 4.90 Å². The Kier molecular flexibility index (Phi) is 4.03. The van der Waals surface area contributed by atoms with E-state index < -0.39 is 0 Å². The Morgan fingerprint density at radius 2 is 2.08 bits per heavy atom. The van der Waals surface area contributed by atoms with Crippen molar-refractivity contribution < 1.29 is 23.8 Å². The number of ether oxygens (including phenoxy) is 3. The number of rotatable bonds is 3. The van der Waals surface area contributed by atoms with Crippen LogP contribution in [0.5, 0.6) is 11.5 Å². The van der Waals surface area contributed by atoms with Crippen LogP contribution < -0.4 is 14.8 Å². The minimum atomic E-state index is -0.125. The first-order valence-corrected chi connectivity index (χ1v) is 8.58. The molecule has 2 fully saturated rings. The summed E-state index contributed by atoms with van der Waals surface area (Å²) < 4.78 is 15.9. The average molecular weight is 346 g/mol. The summed E-state index contributed by atoms with van der Waals surface area (Å²) >= 11 is 0. The van der Waals surface area contributed by atoms with E-state index in [0.717, 1.165) is 12.8 Å². The molecule has 25 heavy (non-hydrogen) atoms. The number of amides is 2. The third-order valence-corrected chi connectivity index (χ3v) is 5.67. The number of likely N-dealkylation sites (tertiary alicyclic amines) is 1. The lowest BCUT2D eigenvalue weighted by Gasteiger charge is -2.41. The Labute approximate surface area is 146 Å². The highest BCUT2D eigenvalue weighted by Crippen LogP contribution is 2.42. The second-order valence-corrected chi connectivity index (χ2v) is 6.95. The van der Waals surface area contributed by atoms with Crippen molar-refractivity contribution in [3.05, 3.63) is 23.8 Å². The molecule has 1 aromatic rings. The largest absolute Gasteiger partial charge is 0.454 e. The number of carbonyl (C=O) groups is 2. The molecule has 7 nitrogen and oxygen atoms in total. The molecular formula is C18H22N2O5. The van der Waals surface area contributed by atoms with E-state index in [4.69, 9.17) is 14.2 Å². The molecule has 134 valence electrons. The van der Waals surface area contributed by atoms with Crippen LogP contribution in [-0.4, -0.2) is 56.9 Å². The topological polar surface area (TPSA) is 77.1 Å². The SMILES string of the molecule is COC[C@H]1C(=O)NCC12CCN(C(=O)c1ccc3c(c1)OCO3)CC2. The normalized spacial score (nSPS) is 23.8. The van der Waals surface area contributed by atoms with Gasteiger partial charge in [-0.2, -0.15) is 0 Å². The van der Waals surface area contributed by atoms with Gasteiger partial charge in [-0.3, -0.25) is 9.59 Å².